The quantitative estimate of drug-likeness (QED) is 0.173. The van der Waals surface area contributed by atoms with Crippen LogP contribution in [0.5, 0.6) is 0 Å². The molecule has 0 bridgehead atoms. The molecular weight excluding hydrogens is 399 g/mol. The molecular formula is C19H29F5O3Si. The first-order chi connectivity index (χ1) is 13.2. The second-order valence-corrected chi connectivity index (χ2v) is 9.43. The molecule has 28 heavy (non-hydrogen) atoms. The molecule has 1 unspecified atom stereocenters. The van der Waals surface area contributed by atoms with Gasteiger partial charge in [0, 0.05) is 31.4 Å². The van der Waals surface area contributed by atoms with Gasteiger partial charge in [-0.25, -0.2) is 22.0 Å². The molecule has 0 N–H and O–H groups in total. The zero-order valence-electron chi connectivity index (χ0n) is 16.8. The van der Waals surface area contributed by atoms with E-state index < -0.39 is 49.4 Å². The lowest BCUT2D eigenvalue weighted by Gasteiger charge is -2.31. The van der Waals surface area contributed by atoms with Crippen molar-refractivity contribution >= 4 is 8.80 Å². The van der Waals surface area contributed by atoms with E-state index in [0.717, 1.165) is 19.3 Å². The molecule has 0 heterocycles. The summed E-state index contributed by atoms with van der Waals surface area (Å²) in [6.45, 7) is 8.63. The third kappa shape index (κ3) is 6.50. The summed E-state index contributed by atoms with van der Waals surface area (Å²) in [6, 6.07) is 0.215. The van der Waals surface area contributed by atoms with Crippen LogP contribution in [0.15, 0.2) is 0 Å². The second kappa shape index (κ2) is 11.8. The van der Waals surface area contributed by atoms with Crippen molar-refractivity contribution in [3.8, 4) is 0 Å². The highest BCUT2D eigenvalue weighted by Gasteiger charge is 2.43. The number of halogens is 5. The van der Waals surface area contributed by atoms with Crippen LogP contribution in [0.25, 0.3) is 0 Å². The Kier molecular flexibility index (Phi) is 10.6. The Morgan fingerprint density at radius 1 is 0.679 bits per heavy atom. The molecule has 0 aliphatic heterocycles. The molecule has 0 radical (unpaired) electrons. The van der Waals surface area contributed by atoms with Crippen LogP contribution >= 0.6 is 0 Å². The van der Waals surface area contributed by atoms with Crippen LogP contribution in [-0.4, -0.2) is 28.6 Å². The van der Waals surface area contributed by atoms with Crippen molar-refractivity contribution in [2.24, 2.45) is 5.92 Å². The predicted octanol–water partition coefficient (Wildman–Crippen LogP) is 5.78. The van der Waals surface area contributed by atoms with Crippen LogP contribution in [0, 0.1) is 35.0 Å². The molecule has 1 atom stereocenters. The number of benzene rings is 1. The summed E-state index contributed by atoms with van der Waals surface area (Å²) in [4.78, 5) is 0. The highest BCUT2D eigenvalue weighted by atomic mass is 28.4. The van der Waals surface area contributed by atoms with E-state index in [4.69, 9.17) is 13.3 Å². The predicted molar refractivity (Wildman–Crippen MR) is 98.4 cm³/mol. The lowest BCUT2D eigenvalue weighted by atomic mass is 10.0. The van der Waals surface area contributed by atoms with Crippen molar-refractivity contribution in [2.45, 2.75) is 59.4 Å². The third-order valence-electron chi connectivity index (χ3n) is 4.03. The Hall–Kier alpha value is -1.03. The minimum atomic E-state index is -3.15. The summed E-state index contributed by atoms with van der Waals surface area (Å²) in [5.74, 6) is -10.1. The van der Waals surface area contributed by atoms with Gasteiger partial charge in [-0.1, -0.05) is 27.7 Å². The highest BCUT2D eigenvalue weighted by molar-refractivity contribution is 6.60. The molecule has 0 aliphatic carbocycles. The lowest BCUT2D eigenvalue weighted by molar-refractivity contribution is 0.0557. The highest BCUT2D eigenvalue weighted by Crippen LogP contribution is 2.29. The van der Waals surface area contributed by atoms with E-state index in [9.17, 15) is 22.0 Å². The molecule has 1 aromatic carbocycles. The van der Waals surface area contributed by atoms with Crippen LogP contribution in [0.4, 0.5) is 22.0 Å². The molecule has 0 saturated heterocycles. The van der Waals surface area contributed by atoms with Gasteiger partial charge in [0.2, 0.25) is 5.82 Å². The second-order valence-electron chi connectivity index (χ2n) is 6.79. The third-order valence-corrected chi connectivity index (χ3v) is 7.16. The zero-order valence-corrected chi connectivity index (χ0v) is 17.8. The molecule has 0 aliphatic rings. The Balaban J connectivity index is 3.08. The Labute approximate surface area is 164 Å². The van der Waals surface area contributed by atoms with Crippen LogP contribution in [0.2, 0.25) is 6.04 Å². The summed E-state index contributed by atoms with van der Waals surface area (Å²) in [7, 11) is -3.15. The van der Waals surface area contributed by atoms with Gasteiger partial charge in [-0.15, -0.1) is 0 Å². The average Bonchev–Trinajstić information content (AvgIpc) is 2.69. The minimum absolute atomic E-state index is 0.215. The van der Waals surface area contributed by atoms with E-state index in [2.05, 4.69) is 0 Å². The first-order valence-electron chi connectivity index (χ1n) is 9.65. The van der Waals surface area contributed by atoms with Gasteiger partial charge in [0.1, 0.15) is 0 Å². The van der Waals surface area contributed by atoms with Gasteiger partial charge in [-0.2, -0.15) is 0 Å². The van der Waals surface area contributed by atoms with Crippen LogP contribution in [0.3, 0.4) is 0 Å². The van der Waals surface area contributed by atoms with E-state index >= 15 is 0 Å². The van der Waals surface area contributed by atoms with Gasteiger partial charge in [-0.05, 0) is 31.6 Å². The minimum Gasteiger partial charge on any atom is -0.373 e. The van der Waals surface area contributed by atoms with Gasteiger partial charge in [-0.3, -0.25) is 0 Å². The molecule has 0 amide bonds. The first-order valence-corrected chi connectivity index (χ1v) is 11.6. The molecule has 1 aromatic rings. The average molecular weight is 429 g/mol. The lowest BCUT2D eigenvalue weighted by Crippen LogP contribution is -2.48. The maximum absolute atomic E-state index is 14.0. The Morgan fingerprint density at radius 2 is 1.04 bits per heavy atom. The van der Waals surface area contributed by atoms with Crippen molar-refractivity contribution < 1.29 is 35.2 Å². The van der Waals surface area contributed by atoms with Crippen molar-refractivity contribution in [3.63, 3.8) is 0 Å². The van der Waals surface area contributed by atoms with Crippen LogP contribution in [0.1, 0.15) is 52.5 Å². The van der Waals surface area contributed by atoms with E-state index in [-0.39, 0.29) is 12.5 Å². The molecule has 1 rings (SSSR count). The molecule has 0 aromatic heterocycles. The van der Waals surface area contributed by atoms with Crippen molar-refractivity contribution in [1.29, 1.82) is 0 Å². The fourth-order valence-corrected chi connectivity index (χ4v) is 5.90. The van der Waals surface area contributed by atoms with E-state index in [0.29, 0.717) is 19.8 Å². The first kappa shape index (κ1) is 25.0. The molecule has 0 saturated carbocycles. The Bertz CT molecular complexity index is 579. The zero-order chi connectivity index (χ0) is 21.3. The molecule has 0 fully saturated rings. The van der Waals surface area contributed by atoms with Gasteiger partial charge >= 0.3 is 8.80 Å². The van der Waals surface area contributed by atoms with E-state index in [1.807, 2.05) is 20.8 Å². The smallest absolute Gasteiger partial charge is 0.373 e. The van der Waals surface area contributed by atoms with Crippen LogP contribution in [-0.2, 0) is 19.7 Å². The van der Waals surface area contributed by atoms with Gasteiger partial charge in [0.25, 0.3) is 0 Å². The monoisotopic (exact) mass is 428 g/mol. The van der Waals surface area contributed by atoms with Gasteiger partial charge in [0.05, 0.1) is 0 Å². The van der Waals surface area contributed by atoms with E-state index in [1.54, 1.807) is 6.92 Å². The summed E-state index contributed by atoms with van der Waals surface area (Å²) in [5, 5.41) is 0. The summed E-state index contributed by atoms with van der Waals surface area (Å²) in [6.07, 6.45) is 1.84. The summed E-state index contributed by atoms with van der Waals surface area (Å²) in [5.41, 5.74) is -0.826. The molecule has 0 spiro atoms. The molecule has 9 heteroatoms. The number of hydrogen-bond donors (Lipinski definition) is 0. The molecule has 162 valence electrons. The maximum Gasteiger partial charge on any atom is 0.501 e. The SMILES string of the molecule is CCCO[Si](CC(C)Cc1c(F)c(F)c(F)c(F)c1F)(OCCC)OCCC. The molecule has 3 nitrogen and oxygen atoms in total. The summed E-state index contributed by atoms with van der Waals surface area (Å²) >= 11 is 0. The fraction of sp³-hybridized carbons (Fsp3) is 0.684. The maximum atomic E-state index is 14.0. The van der Waals surface area contributed by atoms with Crippen molar-refractivity contribution in [2.75, 3.05) is 19.8 Å². The topological polar surface area (TPSA) is 27.7 Å². The van der Waals surface area contributed by atoms with Gasteiger partial charge in [0.15, 0.2) is 23.3 Å². The summed E-state index contributed by atoms with van der Waals surface area (Å²) < 4.78 is 85.9. The number of hydrogen-bond acceptors (Lipinski definition) is 3. The largest absolute Gasteiger partial charge is 0.501 e. The van der Waals surface area contributed by atoms with Gasteiger partial charge < -0.3 is 13.3 Å². The fourth-order valence-electron chi connectivity index (χ4n) is 2.75. The standard InChI is InChI=1S/C19H29F5O3Si/c1-5-8-25-28(26-9-6-2,27-10-7-3)12-13(4)11-14-15(20)17(22)19(24)18(23)16(14)21/h13H,5-12H2,1-4H3. The number of rotatable bonds is 13. The normalized spacial score (nSPS) is 13.2. The van der Waals surface area contributed by atoms with Crippen molar-refractivity contribution in [1.82, 2.24) is 0 Å². The van der Waals surface area contributed by atoms with Crippen LogP contribution < -0.4 is 0 Å². The van der Waals surface area contributed by atoms with E-state index in [1.165, 1.54) is 0 Å². The Morgan fingerprint density at radius 3 is 1.39 bits per heavy atom. The van der Waals surface area contributed by atoms with Crippen molar-refractivity contribution in [3.05, 3.63) is 34.6 Å².